The summed E-state index contributed by atoms with van der Waals surface area (Å²) in [5, 5.41) is 10.3. The quantitative estimate of drug-likeness (QED) is 0.410. The van der Waals surface area contributed by atoms with Gasteiger partial charge >= 0.3 is 0 Å². The van der Waals surface area contributed by atoms with E-state index < -0.39 is 0 Å². The van der Waals surface area contributed by atoms with Crippen LogP contribution in [0.1, 0.15) is 5.76 Å². The lowest BCUT2D eigenvalue weighted by molar-refractivity contribution is 0.390. The zero-order valence-corrected chi connectivity index (χ0v) is 16.2. The van der Waals surface area contributed by atoms with Gasteiger partial charge in [-0.3, -0.25) is 0 Å². The lowest BCUT2D eigenvalue weighted by Gasteiger charge is -2.09. The third kappa shape index (κ3) is 4.26. The average molecular weight is 438 g/mol. The lowest BCUT2D eigenvalue weighted by atomic mass is 10.1. The van der Waals surface area contributed by atoms with Crippen LogP contribution in [0.25, 0.3) is 11.3 Å². The fourth-order valence-corrected chi connectivity index (χ4v) is 2.78. The Kier molecular flexibility index (Phi) is 5.16. The number of aromatic nitrogens is 4. The van der Waals surface area contributed by atoms with Gasteiger partial charge in [-0.2, -0.15) is 4.98 Å². The Bertz CT molecular complexity index is 1080. The summed E-state index contributed by atoms with van der Waals surface area (Å²) < 4.78 is 6.09. The summed E-state index contributed by atoms with van der Waals surface area (Å²) in [5.41, 5.74) is 7.49. The molecule has 0 saturated carbocycles. The van der Waals surface area contributed by atoms with E-state index in [-0.39, 0.29) is 0 Å². The summed E-state index contributed by atoms with van der Waals surface area (Å²) in [5.74, 6) is 2.70. The molecule has 28 heavy (non-hydrogen) atoms. The number of anilines is 4. The highest BCUT2D eigenvalue weighted by Crippen LogP contribution is 2.24. The summed E-state index contributed by atoms with van der Waals surface area (Å²) in [6.07, 6.45) is 1.65. The maximum absolute atomic E-state index is 5.71. The molecule has 0 unspecified atom stereocenters. The maximum atomic E-state index is 5.71. The van der Waals surface area contributed by atoms with Crippen LogP contribution in [0.15, 0.2) is 69.8 Å². The van der Waals surface area contributed by atoms with Gasteiger partial charge in [-0.05, 0) is 28.1 Å². The standard InChI is InChI=1S/C19H16BrN7O/c20-14-11-23-19(26-18(14)25-17-8-4-7-16(21)24-17)22-10-13-9-15(27-28-13)12-5-2-1-3-6-12/h1-9,11H,10H2,(H4,21,22,23,24,25,26). The normalized spacial score (nSPS) is 10.6. The van der Waals surface area contributed by atoms with E-state index in [0.717, 1.165) is 11.3 Å². The van der Waals surface area contributed by atoms with E-state index in [1.807, 2.05) is 42.5 Å². The Hall–Kier alpha value is -3.46. The largest absolute Gasteiger partial charge is 0.384 e. The smallest absolute Gasteiger partial charge is 0.225 e. The average Bonchev–Trinajstić information content (AvgIpc) is 3.18. The van der Waals surface area contributed by atoms with Gasteiger partial charge in [-0.25, -0.2) is 9.97 Å². The summed E-state index contributed by atoms with van der Waals surface area (Å²) in [6.45, 7) is 0.400. The Balaban J connectivity index is 1.45. The first kappa shape index (κ1) is 17.9. The summed E-state index contributed by atoms with van der Waals surface area (Å²) in [7, 11) is 0. The lowest BCUT2D eigenvalue weighted by Crippen LogP contribution is -2.06. The number of hydrogen-bond donors (Lipinski definition) is 3. The summed E-state index contributed by atoms with van der Waals surface area (Å²) in [4.78, 5) is 12.9. The van der Waals surface area contributed by atoms with Crippen molar-refractivity contribution in [3.63, 3.8) is 0 Å². The first-order valence-electron chi connectivity index (χ1n) is 8.44. The van der Waals surface area contributed by atoms with E-state index in [1.165, 1.54) is 0 Å². The number of hydrogen-bond acceptors (Lipinski definition) is 8. The number of nitrogens with one attached hydrogen (secondary N) is 2. The molecule has 0 bridgehead atoms. The van der Waals surface area contributed by atoms with E-state index in [2.05, 4.69) is 46.7 Å². The third-order valence-corrected chi connectivity index (χ3v) is 4.39. The van der Waals surface area contributed by atoms with Gasteiger partial charge in [0.25, 0.3) is 0 Å². The zero-order valence-electron chi connectivity index (χ0n) is 14.6. The van der Waals surface area contributed by atoms with Crippen LogP contribution in [0, 0.1) is 0 Å². The van der Waals surface area contributed by atoms with Crippen molar-refractivity contribution < 1.29 is 4.52 Å². The second-order valence-electron chi connectivity index (χ2n) is 5.86. The van der Waals surface area contributed by atoms with E-state index in [4.69, 9.17) is 10.3 Å². The van der Waals surface area contributed by atoms with Crippen molar-refractivity contribution in [3.8, 4) is 11.3 Å². The van der Waals surface area contributed by atoms with Gasteiger partial charge in [0.1, 0.15) is 17.3 Å². The van der Waals surface area contributed by atoms with Crippen LogP contribution in [0.4, 0.5) is 23.4 Å². The topological polar surface area (TPSA) is 115 Å². The van der Waals surface area contributed by atoms with Gasteiger partial charge in [0.15, 0.2) is 11.6 Å². The van der Waals surface area contributed by atoms with Gasteiger partial charge in [0.2, 0.25) is 5.95 Å². The highest BCUT2D eigenvalue weighted by atomic mass is 79.9. The van der Waals surface area contributed by atoms with Crippen molar-refractivity contribution in [2.75, 3.05) is 16.4 Å². The van der Waals surface area contributed by atoms with Crippen LogP contribution in [0.3, 0.4) is 0 Å². The highest BCUT2D eigenvalue weighted by molar-refractivity contribution is 9.10. The van der Waals surface area contributed by atoms with Gasteiger partial charge in [-0.1, -0.05) is 41.6 Å². The molecule has 3 aromatic heterocycles. The van der Waals surface area contributed by atoms with Crippen LogP contribution in [-0.4, -0.2) is 20.1 Å². The number of halogens is 1. The molecule has 140 valence electrons. The molecule has 4 N–H and O–H groups in total. The minimum atomic E-state index is 0.400. The van der Waals surface area contributed by atoms with E-state index >= 15 is 0 Å². The Morgan fingerprint density at radius 2 is 1.89 bits per heavy atom. The van der Waals surface area contributed by atoms with Crippen molar-refractivity contribution in [2.24, 2.45) is 0 Å². The monoisotopic (exact) mass is 437 g/mol. The van der Waals surface area contributed by atoms with Crippen molar-refractivity contribution in [1.82, 2.24) is 20.1 Å². The summed E-state index contributed by atoms with van der Waals surface area (Å²) in [6, 6.07) is 17.1. The van der Waals surface area contributed by atoms with Crippen LogP contribution in [0.2, 0.25) is 0 Å². The molecule has 3 heterocycles. The predicted octanol–water partition coefficient (Wildman–Crippen LogP) is 4.23. The molecule has 4 aromatic rings. The van der Waals surface area contributed by atoms with Gasteiger partial charge in [0.05, 0.1) is 11.0 Å². The second kappa shape index (κ2) is 8.05. The van der Waals surface area contributed by atoms with Crippen LogP contribution >= 0.6 is 15.9 Å². The molecular formula is C19H16BrN7O. The number of nitrogens with two attached hydrogens (primary N) is 1. The van der Waals surface area contributed by atoms with Crippen LogP contribution in [0.5, 0.6) is 0 Å². The Labute approximate surface area is 169 Å². The predicted molar refractivity (Wildman–Crippen MR) is 111 cm³/mol. The molecule has 0 fully saturated rings. The van der Waals surface area contributed by atoms with Gasteiger partial charge < -0.3 is 20.9 Å². The number of benzene rings is 1. The van der Waals surface area contributed by atoms with Crippen molar-refractivity contribution in [3.05, 3.63) is 71.0 Å². The number of rotatable bonds is 6. The molecule has 0 saturated heterocycles. The molecule has 0 radical (unpaired) electrons. The van der Waals surface area contributed by atoms with E-state index in [0.29, 0.717) is 40.2 Å². The van der Waals surface area contributed by atoms with Gasteiger partial charge in [0, 0.05) is 17.8 Å². The number of pyridine rings is 1. The van der Waals surface area contributed by atoms with E-state index in [9.17, 15) is 0 Å². The third-order valence-electron chi connectivity index (χ3n) is 3.81. The summed E-state index contributed by atoms with van der Waals surface area (Å²) >= 11 is 3.43. The SMILES string of the molecule is Nc1cccc(Nc2nc(NCc3cc(-c4ccccc4)no3)ncc2Br)n1. The van der Waals surface area contributed by atoms with Crippen molar-refractivity contribution in [1.29, 1.82) is 0 Å². The first-order valence-corrected chi connectivity index (χ1v) is 9.24. The molecule has 0 spiro atoms. The molecule has 4 rings (SSSR count). The van der Waals surface area contributed by atoms with Crippen LogP contribution in [-0.2, 0) is 6.54 Å². The molecule has 8 nitrogen and oxygen atoms in total. The molecule has 1 aromatic carbocycles. The van der Waals surface area contributed by atoms with E-state index in [1.54, 1.807) is 18.3 Å². The molecule has 0 aliphatic carbocycles. The first-order chi connectivity index (χ1) is 13.7. The highest BCUT2D eigenvalue weighted by Gasteiger charge is 2.09. The minimum Gasteiger partial charge on any atom is -0.384 e. The fraction of sp³-hybridized carbons (Fsp3) is 0.0526. The van der Waals surface area contributed by atoms with Crippen molar-refractivity contribution >= 4 is 39.3 Å². The zero-order chi connectivity index (χ0) is 19.3. The van der Waals surface area contributed by atoms with Crippen molar-refractivity contribution in [2.45, 2.75) is 6.54 Å². The Morgan fingerprint density at radius 1 is 1.04 bits per heavy atom. The maximum Gasteiger partial charge on any atom is 0.225 e. The number of nitrogen functional groups attached to an aromatic ring is 1. The molecular weight excluding hydrogens is 422 g/mol. The molecule has 0 aliphatic rings. The molecule has 0 amide bonds. The Morgan fingerprint density at radius 3 is 2.71 bits per heavy atom. The molecule has 9 heteroatoms. The number of nitrogens with zero attached hydrogens (tertiary/aromatic N) is 4. The fourth-order valence-electron chi connectivity index (χ4n) is 2.49. The van der Waals surface area contributed by atoms with Crippen LogP contribution < -0.4 is 16.4 Å². The molecule has 0 aliphatic heterocycles. The molecule has 0 atom stereocenters. The van der Waals surface area contributed by atoms with Gasteiger partial charge in [-0.15, -0.1) is 0 Å². The second-order valence-corrected chi connectivity index (χ2v) is 6.72. The minimum absolute atomic E-state index is 0.400.